The van der Waals surface area contributed by atoms with E-state index in [0.717, 1.165) is 38.1 Å². The fourth-order valence-corrected chi connectivity index (χ4v) is 2.54. The van der Waals surface area contributed by atoms with Crippen LogP contribution in [0.5, 0.6) is 0 Å². The Morgan fingerprint density at radius 1 is 1.52 bits per heavy atom. The van der Waals surface area contributed by atoms with Gasteiger partial charge in [-0.15, -0.1) is 24.0 Å². The Morgan fingerprint density at radius 3 is 2.86 bits per heavy atom. The number of rotatable bonds is 5. The Hall–Kier alpha value is -0.830. The highest BCUT2D eigenvalue weighted by Gasteiger charge is 2.14. The minimum atomic E-state index is 0. The number of halogens is 1. The van der Waals surface area contributed by atoms with E-state index >= 15 is 0 Å². The molecule has 0 radical (unpaired) electrons. The predicted octanol–water partition coefficient (Wildman–Crippen LogP) is 1.28. The number of ether oxygens (including phenoxy) is 1. The molecular formula is C14H26IN5O. The van der Waals surface area contributed by atoms with E-state index in [-0.39, 0.29) is 30.1 Å². The predicted molar refractivity (Wildman–Crippen MR) is 95.3 cm³/mol. The van der Waals surface area contributed by atoms with Gasteiger partial charge >= 0.3 is 0 Å². The Bertz CT molecular complexity index is 480. The topological polar surface area (TPSA) is 77.5 Å². The van der Waals surface area contributed by atoms with Gasteiger partial charge in [0.05, 0.1) is 18.3 Å². The number of aryl methyl sites for hydroxylation is 2. The number of guanidine groups is 1. The van der Waals surface area contributed by atoms with E-state index in [1.165, 1.54) is 11.3 Å². The largest absolute Gasteiger partial charge is 0.376 e. The Balaban J connectivity index is 0.00000220. The van der Waals surface area contributed by atoms with Crippen molar-refractivity contribution in [2.75, 3.05) is 19.7 Å². The van der Waals surface area contributed by atoms with Crippen LogP contribution in [0.3, 0.4) is 0 Å². The zero-order valence-corrected chi connectivity index (χ0v) is 15.4. The summed E-state index contributed by atoms with van der Waals surface area (Å²) in [6.45, 7) is 6.41. The average Bonchev–Trinajstić information content (AvgIpc) is 3.00. The summed E-state index contributed by atoms with van der Waals surface area (Å²) in [5, 5.41) is 7.56. The monoisotopic (exact) mass is 407 g/mol. The van der Waals surface area contributed by atoms with E-state index in [1.54, 1.807) is 0 Å². The van der Waals surface area contributed by atoms with Gasteiger partial charge in [-0.25, -0.2) is 0 Å². The number of nitrogens with zero attached hydrogens (tertiary/aromatic N) is 3. The molecule has 0 aromatic carbocycles. The third-order valence-corrected chi connectivity index (χ3v) is 3.83. The van der Waals surface area contributed by atoms with Crippen molar-refractivity contribution >= 4 is 29.9 Å². The number of hydrogen-bond donors (Lipinski definition) is 2. The van der Waals surface area contributed by atoms with Crippen LogP contribution in [0.15, 0.2) is 4.99 Å². The van der Waals surface area contributed by atoms with Gasteiger partial charge in [0.2, 0.25) is 0 Å². The highest BCUT2D eigenvalue weighted by molar-refractivity contribution is 14.0. The molecule has 21 heavy (non-hydrogen) atoms. The van der Waals surface area contributed by atoms with E-state index in [2.05, 4.69) is 22.3 Å². The van der Waals surface area contributed by atoms with Crippen LogP contribution >= 0.6 is 24.0 Å². The van der Waals surface area contributed by atoms with Gasteiger partial charge in [0, 0.05) is 25.9 Å². The number of hydrogen-bond acceptors (Lipinski definition) is 3. The lowest BCUT2D eigenvalue weighted by Crippen LogP contribution is -2.34. The summed E-state index contributed by atoms with van der Waals surface area (Å²) >= 11 is 0. The molecule has 7 heteroatoms. The molecule has 2 heterocycles. The molecule has 0 saturated carbocycles. The van der Waals surface area contributed by atoms with Gasteiger partial charge in [-0.2, -0.15) is 5.10 Å². The van der Waals surface area contributed by atoms with Crippen LogP contribution in [0.1, 0.15) is 29.8 Å². The molecule has 1 fully saturated rings. The van der Waals surface area contributed by atoms with Crippen molar-refractivity contribution in [3.63, 3.8) is 0 Å². The molecule has 1 atom stereocenters. The highest BCUT2D eigenvalue weighted by atomic mass is 127. The maximum atomic E-state index is 5.86. The summed E-state index contributed by atoms with van der Waals surface area (Å²) < 4.78 is 7.43. The SMILES string of the molecule is Cc1nn(C)c(C)c1CCNC(N)=NCC1CCCO1.I. The molecule has 120 valence electrons. The smallest absolute Gasteiger partial charge is 0.188 e. The van der Waals surface area contributed by atoms with Crippen molar-refractivity contribution < 1.29 is 4.74 Å². The lowest BCUT2D eigenvalue weighted by molar-refractivity contribution is 0.118. The second kappa shape index (κ2) is 8.57. The van der Waals surface area contributed by atoms with Crippen LogP contribution < -0.4 is 11.1 Å². The van der Waals surface area contributed by atoms with Crippen molar-refractivity contribution in [1.29, 1.82) is 0 Å². The average molecular weight is 407 g/mol. The molecule has 0 amide bonds. The highest BCUT2D eigenvalue weighted by Crippen LogP contribution is 2.12. The normalized spacial score (nSPS) is 18.6. The van der Waals surface area contributed by atoms with E-state index in [4.69, 9.17) is 10.5 Å². The first-order valence-corrected chi connectivity index (χ1v) is 7.22. The maximum absolute atomic E-state index is 5.86. The van der Waals surface area contributed by atoms with Gasteiger partial charge in [0.1, 0.15) is 0 Å². The molecule has 2 rings (SSSR count). The molecule has 1 aromatic rings. The summed E-state index contributed by atoms with van der Waals surface area (Å²) in [5.74, 6) is 0.500. The molecule has 6 nitrogen and oxygen atoms in total. The first-order chi connectivity index (χ1) is 9.58. The molecule has 0 bridgehead atoms. The fourth-order valence-electron chi connectivity index (χ4n) is 2.54. The summed E-state index contributed by atoms with van der Waals surface area (Å²) in [5.41, 5.74) is 9.44. The Kier molecular flexibility index (Phi) is 7.44. The molecular weight excluding hydrogens is 381 g/mol. The minimum Gasteiger partial charge on any atom is -0.376 e. The molecule has 1 saturated heterocycles. The van der Waals surface area contributed by atoms with E-state index in [1.807, 2.05) is 18.7 Å². The summed E-state index contributed by atoms with van der Waals surface area (Å²) in [6, 6.07) is 0. The number of nitrogens with one attached hydrogen (secondary N) is 1. The second-order valence-electron chi connectivity index (χ2n) is 5.31. The molecule has 1 aromatic heterocycles. The minimum absolute atomic E-state index is 0. The van der Waals surface area contributed by atoms with E-state index in [0.29, 0.717) is 12.5 Å². The second-order valence-corrected chi connectivity index (χ2v) is 5.31. The van der Waals surface area contributed by atoms with Gasteiger partial charge in [-0.3, -0.25) is 9.67 Å². The summed E-state index contributed by atoms with van der Waals surface area (Å²) in [7, 11) is 1.97. The van der Waals surface area contributed by atoms with Crippen LogP contribution in [0, 0.1) is 13.8 Å². The van der Waals surface area contributed by atoms with Crippen molar-refractivity contribution in [3.05, 3.63) is 17.0 Å². The van der Waals surface area contributed by atoms with Gasteiger partial charge in [-0.1, -0.05) is 0 Å². The van der Waals surface area contributed by atoms with Crippen molar-refractivity contribution in [1.82, 2.24) is 15.1 Å². The Morgan fingerprint density at radius 2 is 2.29 bits per heavy atom. The maximum Gasteiger partial charge on any atom is 0.188 e. The third-order valence-electron chi connectivity index (χ3n) is 3.83. The molecule has 1 unspecified atom stereocenters. The van der Waals surface area contributed by atoms with Crippen LogP contribution in [-0.4, -0.2) is 41.5 Å². The lowest BCUT2D eigenvalue weighted by Gasteiger charge is -2.08. The standard InChI is InChI=1S/C14H25N5O.HI/c1-10-13(11(2)19(3)18-10)6-7-16-14(15)17-9-12-5-4-8-20-12;/h12H,4-9H2,1-3H3,(H3,15,16,17);1H. The quantitative estimate of drug-likeness (QED) is 0.438. The van der Waals surface area contributed by atoms with E-state index < -0.39 is 0 Å². The first kappa shape index (κ1) is 18.2. The van der Waals surface area contributed by atoms with Gasteiger partial charge in [-0.05, 0) is 38.7 Å². The van der Waals surface area contributed by atoms with Crippen LogP contribution in [-0.2, 0) is 18.2 Å². The van der Waals surface area contributed by atoms with Crippen molar-refractivity contribution in [2.24, 2.45) is 17.8 Å². The molecule has 0 spiro atoms. The number of nitrogens with two attached hydrogens (primary N) is 1. The van der Waals surface area contributed by atoms with Gasteiger partial charge in [0.25, 0.3) is 0 Å². The zero-order valence-electron chi connectivity index (χ0n) is 13.1. The van der Waals surface area contributed by atoms with Crippen LogP contribution in [0.4, 0.5) is 0 Å². The third kappa shape index (κ3) is 5.14. The Labute approximate surface area is 143 Å². The van der Waals surface area contributed by atoms with Crippen LogP contribution in [0.2, 0.25) is 0 Å². The van der Waals surface area contributed by atoms with E-state index in [9.17, 15) is 0 Å². The number of aliphatic imine (C=N–C) groups is 1. The molecule has 0 aliphatic carbocycles. The van der Waals surface area contributed by atoms with Crippen molar-refractivity contribution in [3.8, 4) is 0 Å². The molecule has 1 aliphatic heterocycles. The number of aromatic nitrogens is 2. The zero-order chi connectivity index (χ0) is 14.5. The fraction of sp³-hybridized carbons (Fsp3) is 0.714. The first-order valence-electron chi connectivity index (χ1n) is 7.22. The molecule has 1 aliphatic rings. The van der Waals surface area contributed by atoms with Gasteiger partial charge in [0.15, 0.2) is 5.96 Å². The lowest BCUT2D eigenvalue weighted by atomic mass is 10.1. The van der Waals surface area contributed by atoms with Crippen LogP contribution in [0.25, 0.3) is 0 Å². The summed E-state index contributed by atoms with van der Waals surface area (Å²) in [6.07, 6.45) is 3.37. The summed E-state index contributed by atoms with van der Waals surface area (Å²) in [4.78, 5) is 4.32. The molecule has 3 N–H and O–H groups in total. The van der Waals surface area contributed by atoms with Gasteiger partial charge < -0.3 is 15.8 Å². The van der Waals surface area contributed by atoms with Crippen molar-refractivity contribution in [2.45, 2.75) is 39.2 Å².